The number of likely N-dealkylation sites (tertiary alicyclic amines) is 1. The minimum Gasteiger partial charge on any atom is -0.466 e. The number of carbonyl (C=O) groups is 3. The van der Waals surface area contributed by atoms with Crippen LogP contribution < -0.4 is 0 Å². The minimum atomic E-state index is -0.763. The molecular weight excluding hydrogens is 500 g/mol. The third kappa shape index (κ3) is 5.28. The van der Waals surface area contributed by atoms with Gasteiger partial charge in [-0.1, -0.05) is 40.7 Å². The highest BCUT2D eigenvalue weighted by atomic mass is 32.2. The minimum absolute atomic E-state index is 0.0243. The first-order valence-corrected chi connectivity index (χ1v) is 15.0. The average Bonchev–Trinajstić information content (AvgIpc) is 3.34. The van der Waals surface area contributed by atoms with Crippen molar-refractivity contribution in [2.45, 2.75) is 115 Å². The lowest BCUT2D eigenvalue weighted by Crippen LogP contribution is -2.61. The molecule has 38 heavy (non-hydrogen) atoms. The highest BCUT2D eigenvalue weighted by Gasteiger charge is 2.78. The van der Waals surface area contributed by atoms with Crippen LogP contribution in [0.4, 0.5) is 0 Å². The lowest BCUT2D eigenvalue weighted by atomic mass is 9.66. The molecule has 7 nitrogen and oxygen atoms in total. The maximum Gasteiger partial charge on any atom is 0.311 e. The van der Waals surface area contributed by atoms with Crippen LogP contribution in [0.1, 0.15) is 88.0 Å². The van der Waals surface area contributed by atoms with Crippen molar-refractivity contribution in [1.29, 1.82) is 0 Å². The zero-order valence-electron chi connectivity index (χ0n) is 25.0. The zero-order valence-corrected chi connectivity index (χ0v) is 25.8. The summed E-state index contributed by atoms with van der Waals surface area (Å²) in [5, 5.41) is 10.5. The number of esters is 1. The van der Waals surface area contributed by atoms with E-state index in [1.807, 2.05) is 11.8 Å². The van der Waals surface area contributed by atoms with Gasteiger partial charge in [0.2, 0.25) is 11.8 Å². The van der Waals surface area contributed by atoms with Crippen molar-refractivity contribution >= 4 is 29.5 Å². The molecule has 8 heteroatoms. The first-order chi connectivity index (χ1) is 17.5. The van der Waals surface area contributed by atoms with E-state index >= 15 is 0 Å². The van der Waals surface area contributed by atoms with Crippen LogP contribution in [-0.2, 0) is 19.1 Å². The maximum absolute atomic E-state index is 14.8. The Hall–Kier alpha value is -1.54. The third-order valence-electron chi connectivity index (χ3n) is 8.61. The largest absolute Gasteiger partial charge is 0.466 e. The van der Waals surface area contributed by atoms with Crippen LogP contribution in [0.3, 0.4) is 0 Å². The Morgan fingerprint density at radius 2 is 1.89 bits per heavy atom. The predicted molar refractivity (Wildman–Crippen MR) is 153 cm³/mol. The lowest BCUT2D eigenvalue weighted by molar-refractivity contribution is -0.155. The molecule has 0 aliphatic carbocycles. The third-order valence-corrected chi connectivity index (χ3v) is 10.6. The van der Waals surface area contributed by atoms with Gasteiger partial charge in [0.1, 0.15) is 6.04 Å². The Bertz CT molecular complexity index is 943. The standard InChI is InChI=1S/C30H50N2O5S/c1-11-15-31(28(8,9)18-27(5,6)7)25(35)23-30-14-13-29(10,38-30)22(26(36)37-12-2)21(30)24(34)32(23)20(17-33)16-19(3)4/h11,19-23,33H,1,12-18H2,2-10H3/t20-,21+,22-,23?,29+,30?/m1/s1. The van der Waals surface area contributed by atoms with Gasteiger partial charge in [0, 0.05) is 16.8 Å². The van der Waals surface area contributed by atoms with E-state index in [-0.39, 0.29) is 42.3 Å². The quantitative estimate of drug-likeness (QED) is 0.297. The molecule has 3 aliphatic heterocycles. The summed E-state index contributed by atoms with van der Waals surface area (Å²) >= 11 is 1.65. The molecule has 2 amide bonds. The number of rotatable bonds is 11. The molecule has 3 aliphatic rings. The summed E-state index contributed by atoms with van der Waals surface area (Å²) in [6.45, 7) is 22.9. The zero-order chi connectivity index (χ0) is 28.8. The molecule has 6 atom stereocenters. The molecule has 0 aromatic carbocycles. The summed E-state index contributed by atoms with van der Waals surface area (Å²) in [4.78, 5) is 46.1. The fourth-order valence-electron chi connectivity index (χ4n) is 7.75. The van der Waals surface area contributed by atoms with E-state index in [9.17, 15) is 19.5 Å². The molecule has 0 aromatic rings. The molecule has 3 heterocycles. The molecule has 2 unspecified atom stereocenters. The van der Waals surface area contributed by atoms with E-state index in [4.69, 9.17) is 4.74 Å². The fourth-order valence-corrected chi connectivity index (χ4v) is 10.1. The molecule has 2 bridgehead atoms. The van der Waals surface area contributed by atoms with Crippen molar-refractivity contribution in [3.05, 3.63) is 12.7 Å². The Balaban J connectivity index is 2.18. The number of nitrogens with zero attached hydrogens (tertiary/aromatic N) is 2. The monoisotopic (exact) mass is 550 g/mol. The highest BCUT2D eigenvalue weighted by molar-refractivity contribution is 8.02. The van der Waals surface area contributed by atoms with Gasteiger partial charge in [-0.3, -0.25) is 14.4 Å². The summed E-state index contributed by atoms with van der Waals surface area (Å²) in [5.41, 5.74) is -0.519. The SMILES string of the molecule is C=CCN(C(=O)C1N([C@@H](CO)CC(C)C)C(=O)[C@@H]2[C@H](C(=O)OCC)[C@]3(C)CCC12S3)C(C)(C)CC(C)(C)C. The van der Waals surface area contributed by atoms with Crippen molar-refractivity contribution < 1.29 is 24.2 Å². The van der Waals surface area contributed by atoms with Gasteiger partial charge in [-0.25, -0.2) is 0 Å². The van der Waals surface area contributed by atoms with E-state index in [0.29, 0.717) is 19.4 Å². The smallest absolute Gasteiger partial charge is 0.311 e. The Morgan fingerprint density at radius 1 is 1.26 bits per heavy atom. The molecule has 0 saturated carbocycles. The van der Waals surface area contributed by atoms with Crippen molar-refractivity contribution in [2.75, 3.05) is 19.8 Å². The van der Waals surface area contributed by atoms with E-state index in [1.165, 1.54) is 0 Å². The molecular formula is C30H50N2O5S. The van der Waals surface area contributed by atoms with Gasteiger partial charge in [0.25, 0.3) is 0 Å². The van der Waals surface area contributed by atoms with Gasteiger partial charge < -0.3 is 19.6 Å². The number of hydrogen-bond donors (Lipinski definition) is 1. The molecule has 0 radical (unpaired) electrons. The molecule has 1 N–H and O–H groups in total. The normalized spacial score (nSPS) is 31.5. The van der Waals surface area contributed by atoms with Gasteiger partial charge in [0.05, 0.1) is 35.8 Å². The van der Waals surface area contributed by atoms with E-state index in [0.717, 1.165) is 12.8 Å². The summed E-state index contributed by atoms with van der Waals surface area (Å²) < 4.78 is 4.30. The predicted octanol–water partition coefficient (Wildman–Crippen LogP) is 4.67. The Morgan fingerprint density at radius 3 is 2.39 bits per heavy atom. The highest BCUT2D eigenvalue weighted by Crippen LogP contribution is 2.72. The number of hydrogen-bond acceptors (Lipinski definition) is 6. The molecule has 3 saturated heterocycles. The fraction of sp³-hybridized carbons (Fsp3) is 0.833. The van der Waals surface area contributed by atoms with Crippen LogP contribution >= 0.6 is 11.8 Å². The van der Waals surface area contributed by atoms with Crippen molar-refractivity contribution in [3.63, 3.8) is 0 Å². The molecule has 0 aromatic heterocycles. The second-order valence-corrected chi connectivity index (χ2v) is 15.9. The first-order valence-electron chi connectivity index (χ1n) is 14.2. The molecule has 3 rings (SSSR count). The van der Waals surface area contributed by atoms with E-state index in [2.05, 4.69) is 55.0 Å². The van der Waals surface area contributed by atoms with Crippen molar-refractivity contribution in [3.8, 4) is 0 Å². The van der Waals surface area contributed by atoms with Gasteiger partial charge in [0.15, 0.2) is 0 Å². The Kier molecular flexibility index (Phi) is 8.80. The van der Waals surface area contributed by atoms with Crippen LogP contribution in [-0.4, -0.2) is 79.6 Å². The first kappa shape index (κ1) is 31.0. The lowest BCUT2D eigenvalue weighted by Gasteiger charge is -2.46. The number of ether oxygens (including phenoxy) is 1. The maximum atomic E-state index is 14.8. The number of aliphatic hydroxyl groups is 1. The molecule has 1 spiro atoms. The van der Waals surface area contributed by atoms with Crippen LogP contribution in [0.25, 0.3) is 0 Å². The number of thioether (sulfide) groups is 1. The van der Waals surface area contributed by atoms with Crippen LogP contribution in [0, 0.1) is 23.2 Å². The topological polar surface area (TPSA) is 87.2 Å². The van der Waals surface area contributed by atoms with E-state index in [1.54, 1.807) is 29.7 Å². The number of carbonyl (C=O) groups excluding carboxylic acids is 3. The van der Waals surface area contributed by atoms with E-state index < -0.39 is 39.0 Å². The Labute approximate surface area is 234 Å². The van der Waals surface area contributed by atoms with Gasteiger partial charge in [-0.2, -0.15) is 0 Å². The number of aliphatic hydroxyl groups excluding tert-OH is 1. The summed E-state index contributed by atoms with van der Waals surface area (Å²) in [5.74, 6) is -1.68. The number of amides is 2. The average molecular weight is 551 g/mol. The van der Waals surface area contributed by atoms with Crippen molar-refractivity contribution in [1.82, 2.24) is 9.80 Å². The van der Waals surface area contributed by atoms with Crippen molar-refractivity contribution in [2.24, 2.45) is 23.2 Å². The second kappa shape index (κ2) is 10.8. The number of fused-ring (bicyclic) bond motifs is 1. The van der Waals surface area contributed by atoms with Gasteiger partial charge in [-0.15, -0.1) is 18.3 Å². The van der Waals surface area contributed by atoms with Crippen LogP contribution in [0.2, 0.25) is 0 Å². The van der Waals surface area contributed by atoms with Crippen LogP contribution in [0.15, 0.2) is 12.7 Å². The molecule has 216 valence electrons. The second-order valence-electron chi connectivity index (χ2n) is 14.0. The van der Waals surface area contributed by atoms with Gasteiger partial charge in [-0.05, 0) is 64.7 Å². The molecule has 3 fully saturated rings. The van der Waals surface area contributed by atoms with Gasteiger partial charge >= 0.3 is 5.97 Å². The summed E-state index contributed by atoms with van der Waals surface area (Å²) in [6.07, 6.45) is 4.51. The summed E-state index contributed by atoms with van der Waals surface area (Å²) in [7, 11) is 0. The van der Waals surface area contributed by atoms with Crippen LogP contribution in [0.5, 0.6) is 0 Å². The summed E-state index contributed by atoms with van der Waals surface area (Å²) in [6, 6.07) is -1.26.